The highest BCUT2D eigenvalue weighted by Gasteiger charge is 2.11. The second kappa shape index (κ2) is 6.40. The summed E-state index contributed by atoms with van der Waals surface area (Å²) in [5, 5.41) is 0. The maximum Gasteiger partial charge on any atom is 0.251 e. The van der Waals surface area contributed by atoms with Gasteiger partial charge in [-0.1, -0.05) is 55.0 Å². The highest BCUT2D eigenvalue weighted by atomic mass is 16.2. The molecule has 0 aliphatic heterocycles. The van der Waals surface area contributed by atoms with Gasteiger partial charge in [-0.2, -0.15) is 0 Å². The van der Waals surface area contributed by atoms with Crippen LogP contribution >= 0.6 is 0 Å². The topological polar surface area (TPSA) is 20.3 Å². The third-order valence-corrected chi connectivity index (χ3v) is 2.98. The fraction of sp³-hybridized carbons (Fsp3) is 0.0556. The van der Waals surface area contributed by atoms with Crippen LogP contribution in [0.2, 0.25) is 0 Å². The number of hydrogen-bond acceptors (Lipinski definition) is 1. The van der Waals surface area contributed by atoms with E-state index in [0.717, 1.165) is 16.8 Å². The summed E-state index contributed by atoms with van der Waals surface area (Å²) in [5.74, 6) is 2.29. The van der Waals surface area contributed by atoms with Crippen LogP contribution in [0, 0.1) is 12.3 Å². The zero-order chi connectivity index (χ0) is 14.4. The summed E-state index contributed by atoms with van der Waals surface area (Å²) in [5.41, 5.74) is 3.01. The Morgan fingerprint density at radius 2 is 1.70 bits per heavy atom. The molecule has 0 spiro atoms. The lowest BCUT2D eigenvalue weighted by atomic mass is 10.1. The van der Waals surface area contributed by atoms with Crippen LogP contribution in [0.15, 0.2) is 67.3 Å². The molecule has 0 aliphatic rings. The van der Waals surface area contributed by atoms with Gasteiger partial charge in [0.15, 0.2) is 0 Å². The SMILES string of the molecule is C#CCN(C(=O)C=C)c1ccc(-c2ccccc2)cc1. The minimum atomic E-state index is -0.199. The molecule has 98 valence electrons. The number of nitrogens with zero attached hydrogens (tertiary/aromatic N) is 1. The van der Waals surface area contributed by atoms with Crippen molar-refractivity contribution < 1.29 is 4.79 Å². The van der Waals surface area contributed by atoms with Crippen molar-refractivity contribution in [2.45, 2.75) is 0 Å². The van der Waals surface area contributed by atoms with Gasteiger partial charge < -0.3 is 0 Å². The van der Waals surface area contributed by atoms with Crippen molar-refractivity contribution >= 4 is 11.6 Å². The van der Waals surface area contributed by atoms with Crippen molar-refractivity contribution in [1.82, 2.24) is 0 Å². The maximum absolute atomic E-state index is 11.8. The van der Waals surface area contributed by atoms with Gasteiger partial charge >= 0.3 is 0 Å². The van der Waals surface area contributed by atoms with Crippen molar-refractivity contribution in [1.29, 1.82) is 0 Å². The normalized spacial score (nSPS) is 9.55. The predicted octanol–water partition coefficient (Wildman–Crippen LogP) is 3.51. The standard InChI is InChI=1S/C18H15NO/c1-3-14-19(18(20)4-2)17-12-10-16(11-13-17)15-8-6-5-7-9-15/h1,4-13H,2,14H2. The lowest BCUT2D eigenvalue weighted by Crippen LogP contribution is -2.29. The van der Waals surface area contributed by atoms with Gasteiger partial charge in [0.25, 0.3) is 5.91 Å². The summed E-state index contributed by atoms with van der Waals surface area (Å²) in [6.07, 6.45) is 6.57. The number of terminal acetylenes is 1. The van der Waals surface area contributed by atoms with Crippen LogP contribution in [-0.2, 0) is 4.79 Å². The monoisotopic (exact) mass is 261 g/mol. The van der Waals surface area contributed by atoms with E-state index in [1.807, 2.05) is 54.6 Å². The molecule has 0 saturated carbocycles. The molecule has 20 heavy (non-hydrogen) atoms. The van der Waals surface area contributed by atoms with Gasteiger partial charge in [-0.3, -0.25) is 9.69 Å². The van der Waals surface area contributed by atoms with E-state index in [-0.39, 0.29) is 12.5 Å². The van der Waals surface area contributed by atoms with Crippen LogP contribution in [0.5, 0.6) is 0 Å². The second-order valence-corrected chi connectivity index (χ2v) is 4.25. The molecule has 2 nitrogen and oxygen atoms in total. The van der Waals surface area contributed by atoms with Crippen molar-refractivity contribution in [3.63, 3.8) is 0 Å². The van der Waals surface area contributed by atoms with Crippen molar-refractivity contribution in [2.75, 3.05) is 11.4 Å². The molecule has 0 N–H and O–H groups in total. The second-order valence-electron chi connectivity index (χ2n) is 4.25. The van der Waals surface area contributed by atoms with Gasteiger partial charge in [0.2, 0.25) is 0 Å². The fourth-order valence-electron chi connectivity index (χ4n) is 1.96. The highest BCUT2D eigenvalue weighted by Crippen LogP contribution is 2.23. The van der Waals surface area contributed by atoms with Crippen LogP contribution in [0.1, 0.15) is 0 Å². The van der Waals surface area contributed by atoms with Gasteiger partial charge in [0.05, 0.1) is 6.54 Å². The molecule has 0 radical (unpaired) electrons. The third kappa shape index (κ3) is 2.96. The Kier molecular flexibility index (Phi) is 4.36. The summed E-state index contributed by atoms with van der Waals surface area (Å²) in [4.78, 5) is 13.3. The average molecular weight is 261 g/mol. The van der Waals surface area contributed by atoms with Gasteiger partial charge in [-0.05, 0) is 29.3 Å². The van der Waals surface area contributed by atoms with Gasteiger partial charge in [-0.15, -0.1) is 6.42 Å². The molecule has 0 bridgehead atoms. The van der Waals surface area contributed by atoms with E-state index in [1.165, 1.54) is 11.0 Å². The first-order valence-electron chi connectivity index (χ1n) is 6.29. The molecule has 0 unspecified atom stereocenters. The van der Waals surface area contributed by atoms with Crippen molar-refractivity contribution in [3.8, 4) is 23.5 Å². The van der Waals surface area contributed by atoms with Gasteiger partial charge in [0.1, 0.15) is 0 Å². The molecule has 0 fully saturated rings. The van der Waals surface area contributed by atoms with E-state index in [2.05, 4.69) is 12.5 Å². The number of hydrogen-bond donors (Lipinski definition) is 0. The van der Waals surface area contributed by atoms with Crippen LogP contribution in [-0.4, -0.2) is 12.5 Å². The zero-order valence-electron chi connectivity index (χ0n) is 11.1. The Morgan fingerprint density at radius 3 is 2.25 bits per heavy atom. The van der Waals surface area contributed by atoms with Crippen molar-refractivity contribution in [3.05, 3.63) is 67.3 Å². The van der Waals surface area contributed by atoms with Gasteiger partial charge in [0, 0.05) is 5.69 Å². The number of benzene rings is 2. The number of rotatable bonds is 4. The van der Waals surface area contributed by atoms with Crippen LogP contribution in [0.3, 0.4) is 0 Å². The summed E-state index contributed by atoms with van der Waals surface area (Å²) < 4.78 is 0. The number of anilines is 1. The molecule has 2 aromatic rings. The predicted molar refractivity (Wildman–Crippen MR) is 83.3 cm³/mol. The minimum absolute atomic E-state index is 0.199. The zero-order valence-corrected chi connectivity index (χ0v) is 11.1. The molecule has 0 aromatic heterocycles. The highest BCUT2D eigenvalue weighted by molar-refractivity contribution is 6.01. The van der Waals surface area contributed by atoms with Crippen LogP contribution in [0.25, 0.3) is 11.1 Å². The fourth-order valence-corrected chi connectivity index (χ4v) is 1.96. The first-order valence-corrected chi connectivity index (χ1v) is 6.29. The number of amides is 1. The van der Waals surface area contributed by atoms with Crippen molar-refractivity contribution in [2.24, 2.45) is 0 Å². The molecular formula is C18H15NO. The Bertz CT molecular complexity index is 635. The Morgan fingerprint density at radius 1 is 1.10 bits per heavy atom. The summed E-state index contributed by atoms with van der Waals surface area (Å²) in [6.45, 7) is 3.73. The third-order valence-electron chi connectivity index (χ3n) is 2.98. The molecule has 0 saturated heterocycles. The summed E-state index contributed by atoms with van der Waals surface area (Å²) in [6, 6.07) is 17.8. The van der Waals surface area contributed by atoms with E-state index in [9.17, 15) is 4.79 Å². The van der Waals surface area contributed by atoms with E-state index in [1.54, 1.807) is 0 Å². The number of carbonyl (C=O) groups is 1. The molecule has 0 aliphatic carbocycles. The smallest absolute Gasteiger partial charge is 0.251 e. The van der Waals surface area contributed by atoms with E-state index < -0.39 is 0 Å². The van der Waals surface area contributed by atoms with Gasteiger partial charge in [-0.25, -0.2) is 0 Å². The molecule has 1 amide bonds. The first-order chi connectivity index (χ1) is 9.76. The minimum Gasteiger partial charge on any atom is -0.297 e. The Hall–Kier alpha value is -2.79. The van der Waals surface area contributed by atoms with Crippen LogP contribution < -0.4 is 4.90 Å². The molecule has 2 heteroatoms. The molecular weight excluding hydrogens is 246 g/mol. The number of carbonyl (C=O) groups excluding carboxylic acids is 1. The Balaban J connectivity index is 2.29. The molecule has 0 heterocycles. The molecule has 2 rings (SSSR count). The van der Waals surface area contributed by atoms with E-state index in [4.69, 9.17) is 6.42 Å². The average Bonchev–Trinajstić information content (AvgIpc) is 2.53. The lowest BCUT2D eigenvalue weighted by Gasteiger charge is -2.18. The Labute approximate surface area is 119 Å². The maximum atomic E-state index is 11.8. The summed E-state index contributed by atoms with van der Waals surface area (Å²) >= 11 is 0. The first kappa shape index (κ1) is 13.6. The lowest BCUT2D eigenvalue weighted by molar-refractivity contribution is -0.114. The van der Waals surface area contributed by atoms with E-state index in [0.29, 0.717) is 0 Å². The largest absolute Gasteiger partial charge is 0.297 e. The van der Waals surface area contributed by atoms with E-state index >= 15 is 0 Å². The molecule has 2 aromatic carbocycles. The molecule has 0 atom stereocenters. The summed E-state index contributed by atoms with van der Waals surface area (Å²) in [7, 11) is 0. The quantitative estimate of drug-likeness (QED) is 0.609. The van der Waals surface area contributed by atoms with Crippen LogP contribution in [0.4, 0.5) is 5.69 Å².